The van der Waals surface area contributed by atoms with Gasteiger partial charge in [-0.15, -0.1) is 5.10 Å². The molecule has 1 N–H and O–H groups in total. The van der Waals surface area contributed by atoms with Crippen molar-refractivity contribution in [1.82, 2.24) is 35.3 Å². The van der Waals surface area contributed by atoms with Gasteiger partial charge >= 0.3 is 0 Å². The number of aryl methyl sites for hydroxylation is 1. The zero-order chi connectivity index (χ0) is 20.4. The van der Waals surface area contributed by atoms with Gasteiger partial charge in [0.1, 0.15) is 6.33 Å². The van der Waals surface area contributed by atoms with Gasteiger partial charge in [-0.05, 0) is 52.8 Å². The van der Waals surface area contributed by atoms with E-state index >= 15 is 0 Å². The van der Waals surface area contributed by atoms with Gasteiger partial charge in [-0.2, -0.15) is 5.10 Å². The Kier molecular flexibility index (Phi) is 5.17. The molecule has 152 valence electrons. The van der Waals surface area contributed by atoms with Crippen LogP contribution < -0.4 is 5.32 Å². The smallest absolute Gasteiger partial charge is 0.222 e. The third-order valence-corrected chi connectivity index (χ3v) is 5.46. The predicted octanol–water partition coefficient (Wildman–Crippen LogP) is 2.74. The van der Waals surface area contributed by atoms with Crippen LogP contribution in [-0.2, 0) is 23.2 Å². The molecule has 1 amide bonds. The van der Waals surface area contributed by atoms with Gasteiger partial charge in [0.2, 0.25) is 5.91 Å². The lowest BCUT2D eigenvalue weighted by Gasteiger charge is -2.24. The van der Waals surface area contributed by atoms with Crippen molar-refractivity contribution >= 4 is 5.91 Å². The molecule has 2 heterocycles. The number of fused-ring (bicyclic) bond motifs is 1. The second-order valence-corrected chi connectivity index (χ2v) is 8.59. The molecule has 4 rings (SSSR count). The second-order valence-electron chi connectivity index (χ2n) is 8.59. The van der Waals surface area contributed by atoms with E-state index in [4.69, 9.17) is 0 Å². The number of tetrazole rings is 1. The third-order valence-electron chi connectivity index (χ3n) is 5.46. The molecule has 0 spiro atoms. The molecule has 8 heteroatoms. The summed E-state index contributed by atoms with van der Waals surface area (Å²) in [7, 11) is 0. The number of hydrogen-bond acceptors (Lipinski definition) is 5. The van der Waals surface area contributed by atoms with Crippen molar-refractivity contribution in [2.45, 2.75) is 64.5 Å². The molecular weight excluding hydrogens is 366 g/mol. The lowest BCUT2D eigenvalue weighted by Crippen LogP contribution is -2.31. The lowest BCUT2D eigenvalue weighted by atomic mass is 9.87. The molecule has 29 heavy (non-hydrogen) atoms. The van der Waals surface area contributed by atoms with Gasteiger partial charge in [0.05, 0.1) is 24.5 Å². The predicted molar refractivity (Wildman–Crippen MR) is 109 cm³/mol. The maximum Gasteiger partial charge on any atom is 0.222 e. The molecule has 1 aromatic carbocycles. The molecule has 1 aliphatic rings. The quantitative estimate of drug-likeness (QED) is 0.720. The van der Waals surface area contributed by atoms with E-state index in [1.54, 1.807) is 4.68 Å². The fourth-order valence-corrected chi connectivity index (χ4v) is 3.80. The highest BCUT2D eigenvalue weighted by Gasteiger charge is 2.26. The van der Waals surface area contributed by atoms with E-state index in [0.717, 1.165) is 30.5 Å². The standard InChI is InChI=1S/C21H27N7O/c1-21(2,3)15-7-9-16(10-8-15)28-19-6-4-5-18(17(19)13-23-28)24-20(29)11-12-27-14-22-25-26-27/h7-10,13-14,18H,4-6,11-12H2,1-3H3,(H,24,29)/t18-/m0/s1. The van der Waals surface area contributed by atoms with E-state index in [-0.39, 0.29) is 17.4 Å². The summed E-state index contributed by atoms with van der Waals surface area (Å²) in [4.78, 5) is 12.4. The summed E-state index contributed by atoms with van der Waals surface area (Å²) in [6.07, 6.45) is 6.68. The summed E-state index contributed by atoms with van der Waals surface area (Å²) in [5.41, 5.74) is 4.79. The van der Waals surface area contributed by atoms with E-state index in [2.05, 4.69) is 71.0 Å². The molecule has 3 aromatic rings. The molecule has 0 radical (unpaired) electrons. The van der Waals surface area contributed by atoms with Crippen LogP contribution in [0.3, 0.4) is 0 Å². The minimum absolute atomic E-state index is 0.000583. The van der Waals surface area contributed by atoms with Crippen LogP contribution in [-0.4, -0.2) is 35.9 Å². The van der Waals surface area contributed by atoms with Gasteiger partial charge in [0.25, 0.3) is 0 Å². The van der Waals surface area contributed by atoms with Crippen LogP contribution >= 0.6 is 0 Å². The third kappa shape index (κ3) is 4.21. The first-order valence-electron chi connectivity index (χ1n) is 10.1. The molecule has 0 bridgehead atoms. The first-order valence-corrected chi connectivity index (χ1v) is 10.1. The van der Waals surface area contributed by atoms with Gasteiger partial charge < -0.3 is 5.32 Å². The summed E-state index contributed by atoms with van der Waals surface area (Å²) < 4.78 is 3.58. The van der Waals surface area contributed by atoms with Gasteiger partial charge in [-0.1, -0.05) is 32.9 Å². The Balaban J connectivity index is 1.48. The van der Waals surface area contributed by atoms with E-state index in [1.807, 2.05) is 10.9 Å². The number of rotatable bonds is 5. The van der Waals surface area contributed by atoms with Crippen LogP contribution in [0.5, 0.6) is 0 Å². The average Bonchev–Trinajstić information content (AvgIpc) is 3.36. The number of nitrogens with one attached hydrogen (secondary N) is 1. The molecule has 0 saturated heterocycles. The largest absolute Gasteiger partial charge is 0.349 e. The van der Waals surface area contributed by atoms with Gasteiger partial charge in [0.15, 0.2) is 0 Å². The van der Waals surface area contributed by atoms with Crippen molar-refractivity contribution in [2.24, 2.45) is 0 Å². The molecule has 1 aliphatic carbocycles. The number of benzene rings is 1. The van der Waals surface area contributed by atoms with E-state index in [1.165, 1.54) is 17.6 Å². The maximum absolute atomic E-state index is 12.4. The highest BCUT2D eigenvalue weighted by molar-refractivity contribution is 5.76. The highest BCUT2D eigenvalue weighted by atomic mass is 16.1. The van der Waals surface area contributed by atoms with Crippen LogP contribution in [0.25, 0.3) is 5.69 Å². The van der Waals surface area contributed by atoms with Crippen LogP contribution in [0.2, 0.25) is 0 Å². The highest BCUT2D eigenvalue weighted by Crippen LogP contribution is 2.31. The van der Waals surface area contributed by atoms with Crippen molar-refractivity contribution < 1.29 is 4.79 Å². The minimum atomic E-state index is 0.000583. The molecule has 0 unspecified atom stereocenters. The number of nitrogens with zero attached hydrogens (tertiary/aromatic N) is 6. The Morgan fingerprint density at radius 3 is 2.72 bits per heavy atom. The summed E-state index contributed by atoms with van der Waals surface area (Å²) in [5.74, 6) is 0.000583. The summed E-state index contributed by atoms with van der Waals surface area (Å²) >= 11 is 0. The van der Waals surface area contributed by atoms with Crippen molar-refractivity contribution in [3.8, 4) is 5.69 Å². The lowest BCUT2D eigenvalue weighted by molar-refractivity contribution is -0.122. The zero-order valence-corrected chi connectivity index (χ0v) is 17.2. The Labute approximate surface area is 170 Å². The maximum atomic E-state index is 12.4. The molecule has 8 nitrogen and oxygen atoms in total. The average molecular weight is 393 g/mol. The minimum Gasteiger partial charge on any atom is -0.349 e. The van der Waals surface area contributed by atoms with Crippen LogP contribution in [0, 0.1) is 0 Å². The molecule has 2 aromatic heterocycles. The molecule has 0 aliphatic heterocycles. The Hall–Kier alpha value is -3.03. The van der Waals surface area contributed by atoms with Gasteiger partial charge in [-0.25, -0.2) is 9.36 Å². The Morgan fingerprint density at radius 1 is 1.24 bits per heavy atom. The number of amides is 1. The van der Waals surface area contributed by atoms with E-state index < -0.39 is 0 Å². The molecular formula is C21H27N7O. The molecule has 0 fully saturated rings. The fraction of sp³-hybridized carbons (Fsp3) is 0.476. The first kappa shape index (κ1) is 19.3. The van der Waals surface area contributed by atoms with E-state index in [0.29, 0.717) is 13.0 Å². The summed E-state index contributed by atoms with van der Waals surface area (Å²) in [5, 5.41) is 18.8. The normalized spacial score (nSPS) is 16.4. The fourth-order valence-electron chi connectivity index (χ4n) is 3.80. The van der Waals surface area contributed by atoms with Gasteiger partial charge in [-0.3, -0.25) is 4.79 Å². The van der Waals surface area contributed by atoms with Crippen molar-refractivity contribution in [3.63, 3.8) is 0 Å². The van der Waals surface area contributed by atoms with Crippen LogP contribution in [0.4, 0.5) is 0 Å². The monoisotopic (exact) mass is 393 g/mol. The number of carbonyl (C=O) groups excluding carboxylic acids is 1. The van der Waals surface area contributed by atoms with Crippen LogP contribution in [0.1, 0.15) is 62.9 Å². The van der Waals surface area contributed by atoms with Crippen molar-refractivity contribution in [3.05, 3.63) is 53.6 Å². The SMILES string of the molecule is CC(C)(C)c1ccc(-n2ncc3c2CCC[C@@H]3NC(=O)CCn2cnnn2)cc1. The van der Waals surface area contributed by atoms with E-state index in [9.17, 15) is 4.79 Å². The van der Waals surface area contributed by atoms with Gasteiger partial charge in [0, 0.05) is 17.7 Å². The molecule has 0 saturated carbocycles. The topological polar surface area (TPSA) is 90.5 Å². The number of carbonyl (C=O) groups is 1. The van der Waals surface area contributed by atoms with Crippen LogP contribution in [0.15, 0.2) is 36.8 Å². The zero-order valence-electron chi connectivity index (χ0n) is 17.2. The first-order chi connectivity index (χ1) is 13.9. The number of hydrogen-bond donors (Lipinski definition) is 1. The number of aromatic nitrogens is 6. The Bertz CT molecular complexity index is 968. The van der Waals surface area contributed by atoms with Crippen molar-refractivity contribution in [2.75, 3.05) is 0 Å². The molecule has 1 atom stereocenters. The summed E-state index contributed by atoms with van der Waals surface area (Å²) in [6, 6.07) is 8.60. The Morgan fingerprint density at radius 2 is 2.03 bits per heavy atom. The second kappa shape index (κ2) is 7.77. The van der Waals surface area contributed by atoms with Crippen molar-refractivity contribution in [1.29, 1.82) is 0 Å². The summed E-state index contributed by atoms with van der Waals surface area (Å²) in [6.45, 7) is 7.11.